The van der Waals surface area contributed by atoms with Gasteiger partial charge in [-0.25, -0.2) is 4.68 Å². The van der Waals surface area contributed by atoms with Crippen molar-refractivity contribution in [3.63, 3.8) is 0 Å². The SMILES string of the molecule is O=c1c(Br)c(NCC2(CO)CCCC2)cnn1CC1CC1. The number of rotatable bonds is 6. The van der Waals surface area contributed by atoms with E-state index in [0.29, 0.717) is 16.9 Å². The molecule has 0 radical (unpaired) electrons. The van der Waals surface area contributed by atoms with Crippen LogP contribution in [0.25, 0.3) is 0 Å². The Balaban J connectivity index is 1.70. The maximum Gasteiger partial charge on any atom is 0.283 e. The monoisotopic (exact) mass is 355 g/mol. The summed E-state index contributed by atoms with van der Waals surface area (Å²) in [6.45, 7) is 1.61. The van der Waals surface area contributed by atoms with Gasteiger partial charge in [0.15, 0.2) is 0 Å². The normalized spacial score (nSPS) is 20.7. The van der Waals surface area contributed by atoms with Gasteiger partial charge in [0.2, 0.25) is 0 Å². The molecule has 21 heavy (non-hydrogen) atoms. The molecule has 0 spiro atoms. The van der Waals surface area contributed by atoms with Crippen molar-refractivity contribution in [2.24, 2.45) is 11.3 Å². The van der Waals surface area contributed by atoms with E-state index in [1.807, 2.05) is 0 Å². The van der Waals surface area contributed by atoms with Crippen LogP contribution in [0, 0.1) is 11.3 Å². The molecule has 0 aliphatic heterocycles. The average Bonchev–Trinajstić information content (AvgIpc) is 3.19. The maximum absolute atomic E-state index is 12.3. The van der Waals surface area contributed by atoms with E-state index in [4.69, 9.17) is 0 Å². The zero-order valence-electron chi connectivity index (χ0n) is 12.1. The van der Waals surface area contributed by atoms with Crippen molar-refractivity contribution < 1.29 is 5.11 Å². The molecule has 0 saturated heterocycles. The molecule has 2 aliphatic rings. The van der Waals surface area contributed by atoms with E-state index >= 15 is 0 Å². The molecular formula is C15H22BrN3O2. The third-order valence-electron chi connectivity index (χ3n) is 4.77. The standard InChI is InChI=1S/C15H22BrN3O2/c16-13-12(17-9-15(10-20)5-1-2-6-15)7-18-19(14(13)21)8-11-3-4-11/h7,11,17,20H,1-6,8-10H2. The lowest BCUT2D eigenvalue weighted by Gasteiger charge is -2.27. The van der Waals surface area contributed by atoms with Crippen LogP contribution >= 0.6 is 15.9 Å². The quantitative estimate of drug-likeness (QED) is 0.821. The lowest BCUT2D eigenvalue weighted by molar-refractivity contribution is 0.142. The van der Waals surface area contributed by atoms with E-state index in [-0.39, 0.29) is 17.6 Å². The molecule has 2 N–H and O–H groups in total. The molecule has 0 atom stereocenters. The number of aliphatic hydroxyl groups excluding tert-OH is 1. The molecule has 2 fully saturated rings. The van der Waals surface area contributed by atoms with Crippen LogP contribution < -0.4 is 10.9 Å². The summed E-state index contributed by atoms with van der Waals surface area (Å²) >= 11 is 3.39. The number of nitrogens with zero attached hydrogens (tertiary/aromatic N) is 2. The minimum absolute atomic E-state index is 0.0394. The molecule has 116 valence electrons. The van der Waals surface area contributed by atoms with Crippen LogP contribution in [0.1, 0.15) is 38.5 Å². The number of hydrogen-bond donors (Lipinski definition) is 2. The summed E-state index contributed by atoms with van der Waals surface area (Å²) in [5, 5.41) is 17.2. The van der Waals surface area contributed by atoms with Crippen LogP contribution in [-0.4, -0.2) is 28.0 Å². The molecule has 1 aromatic rings. The first-order chi connectivity index (χ1) is 10.1. The van der Waals surface area contributed by atoms with Crippen molar-refractivity contribution in [1.82, 2.24) is 9.78 Å². The highest BCUT2D eigenvalue weighted by molar-refractivity contribution is 9.10. The molecule has 0 unspecified atom stereocenters. The van der Waals surface area contributed by atoms with E-state index < -0.39 is 0 Å². The highest BCUT2D eigenvalue weighted by Crippen LogP contribution is 2.38. The number of aliphatic hydroxyl groups is 1. The Bertz CT molecular complexity index is 563. The number of halogens is 1. The van der Waals surface area contributed by atoms with Gasteiger partial charge in [0.05, 0.1) is 18.5 Å². The van der Waals surface area contributed by atoms with Gasteiger partial charge in [-0.1, -0.05) is 12.8 Å². The summed E-state index contributed by atoms with van der Waals surface area (Å²) in [7, 11) is 0. The fourth-order valence-corrected chi connectivity index (χ4v) is 3.51. The zero-order valence-corrected chi connectivity index (χ0v) is 13.7. The summed E-state index contributed by atoms with van der Waals surface area (Å²) in [6, 6.07) is 0. The molecule has 1 heterocycles. The fraction of sp³-hybridized carbons (Fsp3) is 0.733. The third-order valence-corrected chi connectivity index (χ3v) is 5.53. The van der Waals surface area contributed by atoms with E-state index in [9.17, 15) is 9.90 Å². The summed E-state index contributed by atoms with van der Waals surface area (Å²) < 4.78 is 2.09. The molecule has 2 saturated carbocycles. The molecule has 3 rings (SSSR count). The topological polar surface area (TPSA) is 67.2 Å². The van der Waals surface area contributed by atoms with Crippen LogP contribution in [0.5, 0.6) is 0 Å². The predicted molar refractivity (Wildman–Crippen MR) is 85.4 cm³/mol. The fourth-order valence-electron chi connectivity index (χ4n) is 3.06. The first-order valence-electron chi connectivity index (χ1n) is 7.74. The zero-order chi connectivity index (χ0) is 14.9. The van der Waals surface area contributed by atoms with Crippen molar-refractivity contribution in [1.29, 1.82) is 0 Å². The number of anilines is 1. The van der Waals surface area contributed by atoms with Gasteiger partial charge in [-0.2, -0.15) is 5.10 Å². The first kappa shape index (κ1) is 15.0. The second kappa shape index (κ2) is 6.08. The predicted octanol–water partition coefficient (Wildman–Crippen LogP) is 2.38. The lowest BCUT2D eigenvalue weighted by Crippen LogP contribution is -2.32. The summed E-state index contributed by atoms with van der Waals surface area (Å²) in [6.07, 6.45) is 8.54. The molecule has 0 aromatic carbocycles. The van der Waals surface area contributed by atoms with Gasteiger partial charge in [0, 0.05) is 18.5 Å². The summed E-state index contributed by atoms with van der Waals surface area (Å²) in [4.78, 5) is 12.3. The van der Waals surface area contributed by atoms with Gasteiger partial charge in [-0.3, -0.25) is 4.79 Å². The molecule has 1 aromatic heterocycles. The minimum atomic E-state index is -0.0728. The van der Waals surface area contributed by atoms with Gasteiger partial charge in [0.1, 0.15) is 4.47 Å². The van der Waals surface area contributed by atoms with Gasteiger partial charge in [-0.15, -0.1) is 0 Å². The Morgan fingerprint density at radius 3 is 2.76 bits per heavy atom. The highest BCUT2D eigenvalue weighted by Gasteiger charge is 2.33. The molecular weight excluding hydrogens is 334 g/mol. The number of nitrogens with one attached hydrogen (secondary N) is 1. The third kappa shape index (κ3) is 3.31. The second-order valence-corrected chi connectivity index (χ2v) is 7.31. The van der Waals surface area contributed by atoms with Crippen molar-refractivity contribution in [2.45, 2.75) is 45.1 Å². The first-order valence-corrected chi connectivity index (χ1v) is 8.53. The van der Waals surface area contributed by atoms with E-state index in [0.717, 1.165) is 25.1 Å². The van der Waals surface area contributed by atoms with Crippen LogP contribution in [0.15, 0.2) is 15.5 Å². The smallest absolute Gasteiger partial charge is 0.283 e. The summed E-state index contributed by atoms with van der Waals surface area (Å²) in [5.74, 6) is 0.622. The number of aromatic nitrogens is 2. The largest absolute Gasteiger partial charge is 0.396 e. The van der Waals surface area contributed by atoms with Gasteiger partial charge in [0.25, 0.3) is 5.56 Å². The Morgan fingerprint density at radius 1 is 1.43 bits per heavy atom. The van der Waals surface area contributed by atoms with Crippen molar-refractivity contribution in [3.05, 3.63) is 21.0 Å². The summed E-state index contributed by atoms with van der Waals surface area (Å²) in [5.41, 5.74) is 0.616. The van der Waals surface area contributed by atoms with Gasteiger partial charge in [-0.05, 0) is 47.5 Å². The molecule has 0 bridgehead atoms. The maximum atomic E-state index is 12.3. The molecule has 5 nitrogen and oxygen atoms in total. The van der Waals surface area contributed by atoms with Gasteiger partial charge < -0.3 is 10.4 Å². The van der Waals surface area contributed by atoms with E-state index in [1.165, 1.54) is 25.7 Å². The van der Waals surface area contributed by atoms with Gasteiger partial charge >= 0.3 is 0 Å². The Kier molecular flexibility index (Phi) is 4.36. The van der Waals surface area contributed by atoms with Crippen molar-refractivity contribution in [2.75, 3.05) is 18.5 Å². The van der Waals surface area contributed by atoms with Crippen LogP contribution in [0.3, 0.4) is 0 Å². The number of hydrogen-bond acceptors (Lipinski definition) is 4. The Morgan fingerprint density at radius 2 is 2.14 bits per heavy atom. The lowest BCUT2D eigenvalue weighted by atomic mass is 9.87. The van der Waals surface area contributed by atoms with Crippen LogP contribution in [-0.2, 0) is 6.54 Å². The van der Waals surface area contributed by atoms with E-state index in [1.54, 1.807) is 10.9 Å². The average molecular weight is 356 g/mol. The van der Waals surface area contributed by atoms with Crippen LogP contribution in [0.4, 0.5) is 5.69 Å². The second-order valence-electron chi connectivity index (χ2n) is 6.52. The minimum Gasteiger partial charge on any atom is -0.396 e. The molecule has 2 aliphatic carbocycles. The molecule has 6 heteroatoms. The van der Waals surface area contributed by atoms with Crippen molar-refractivity contribution in [3.8, 4) is 0 Å². The van der Waals surface area contributed by atoms with Crippen LogP contribution in [0.2, 0.25) is 0 Å². The Hall–Kier alpha value is -0.880. The van der Waals surface area contributed by atoms with E-state index in [2.05, 4.69) is 26.3 Å². The van der Waals surface area contributed by atoms with Crippen molar-refractivity contribution >= 4 is 21.6 Å². The Labute approximate surface area is 132 Å². The highest BCUT2D eigenvalue weighted by atomic mass is 79.9. The molecule has 0 amide bonds.